The molecule has 0 saturated carbocycles. The van der Waals surface area contributed by atoms with Gasteiger partial charge in [-0.15, -0.1) is 0 Å². The highest BCUT2D eigenvalue weighted by Crippen LogP contribution is 2.27. The first-order valence-corrected chi connectivity index (χ1v) is 8.23. The van der Waals surface area contributed by atoms with Crippen molar-refractivity contribution in [3.63, 3.8) is 0 Å². The van der Waals surface area contributed by atoms with Crippen LogP contribution in [0.1, 0.15) is 18.3 Å². The quantitative estimate of drug-likeness (QED) is 0.550. The predicted molar refractivity (Wildman–Crippen MR) is 97.1 cm³/mol. The van der Waals surface area contributed by atoms with Gasteiger partial charge in [-0.1, -0.05) is 6.07 Å². The Bertz CT molecular complexity index is 698. The number of methoxy groups -OCH3 is 2. The molecule has 8 nitrogen and oxygen atoms in total. The molecule has 1 heterocycles. The molecule has 1 aromatic heterocycles. The molecule has 0 aliphatic heterocycles. The van der Waals surface area contributed by atoms with Crippen molar-refractivity contribution in [2.75, 3.05) is 27.3 Å². The lowest BCUT2D eigenvalue weighted by Crippen LogP contribution is -2.38. The van der Waals surface area contributed by atoms with Gasteiger partial charge in [0.15, 0.2) is 17.5 Å². The van der Waals surface area contributed by atoms with E-state index in [1.54, 1.807) is 18.9 Å². The van der Waals surface area contributed by atoms with E-state index in [-0.39, 0.29) is 0 Å². The Hall–Kier alpha value is -2.77. The minimum atomic E-state index is 0.474. The van der Waals surface area contributed by atoms with Crippen molar-refractivity contribution in [3.8, 4) is 11.5 Å². The van der Waals surface area contributed by atoms with Gasteiger partial charge in [0.25, 0.3) is 0 Å². The number of aromatic nitrogens is 3. The summed E-state index contributed by atoms with van der Waals surface area (Å²) in [5, 5.41) is 10.6. The fourth-order valence-electron chi connectivity index (χ4n) is 2.32. The summed E-state index contributed by atoms with van der Waals surface area (Å²) in [6, 6.07) is 5.94. The summed E-state index contributed by atoms with van der Waals surface area (Å²) < 4.78 is 12.3. The number of nitrogens with one attached hydrogen (secondary N) is 2. The smallest absolute Gasteiger partial charge is 0.191 e. The molecule has 0 bridgehead atoms. The Kier molecular flexibility index (Phi) is 7.06. The van der Waals surface area contributed by atoms with Crippen molar-refractivity contribution in [3.05, 3.63) is 35.9 Å². The van der Waals surface area contributed by atoms with Gasteiger partial charge in [0.2, 0.25) is 0 Å². The number of benzene rings is 1. The molecule has 0 spiro atoms. The molecular weight excluding hydrogens is 320 g/mol. The average molecular weight is 346 g/mol. The highest BCUT2D eigenvalue weighted by Gasteiger charge is 2.05. The second-order valence-electron chi connectivity index (χ2n) is 5.36. The largest absolute Gasteiger partial charge is 0.493 e. The van der Waals surface area contributed by atoms with Gasteiger partial charge in [-0.05, 0) is 31.0 Å². The zero-order valence-electron chi connectivity index (χ0n) is 15.2. The van der Waals surface area contributed by atoms with Gasteiger partial charge in [0.1, 0.15) is 18.7 Å². The number of nitrogens with zero attached hydrogens (tertiary/aromatic N) is 4. The van der Waals surface area contributed by atoms with Crippen LogP contribution in [-0.4, -0.2) is 48.0 Å². The van der Waals surface area contributed by atoms with E-state index in [1.165, 1.54) is 6.33 Å². The van der Waals surface area contributed by atoms with Gasteiger partial charge in [0.05, 0.1) is 14.2 Å². The monoisotopic (exact) mass is 346 g/mol. The van der Waals surface area contributed by atoms with Crippen LogP contribution in [0.4, 0.5) is 0 Å². The normalized spacial score (nSPS) is 11.3. The zero-order valence-corrected chi connectivity index (χ0v) is 15.2. The van der Waals surface area contributed by atoms with E-state index >= 15 is 0 Å². The van der Waals surface area contributed by atoms with Crippen molar-refractivity contribution in [1.82, 2.24) is 25.4 Å². The van der Waals surface area contributed by atoms with Gasteiger partial charge in [-0.2, -0.15) is 5.10 Å². The van der Waals surface area contributed by atoms with Crippen LogP contribution < -0.4 is 20.1 Å². The molecule has 2 N–H and O–H groups in total. The third kappa shape index (κ3) is 5.37. The molecule has 0 aliphatic carbocycles. The maximum Gasteiger partial charge on any atom is 0.191 e. The molecule has 0 atom stereocenters. The van der Waals surface area contributed by atoms with Crippen LogP contribution in [0.25, 0.3) is 0 Å². The standard InChI is InChI=1S/C17H26N6O2/c1-5-18-17(20-11-16-21-12-22-23(16)2)19-9-8-13-6-7-14(24-3)15(10-13)25-4/h6-7,10,12H,5,8-9,11H2,1-4H3,(H2,18,19,20). The number of rotatable bonds is 8. The average Bonchev–Trinajstić information content (AvgIpc) is 3.04. The van der Waals surface area contributed by atoms with Gasteiger partial charge in [-0.25, -0.2) is 9.98 Å². The van der Waals surface area contributed by atoms with Crippen molar-refractivity contribution >= 4 is 5.96 Å². The highest BCUT2D eigenvalue weighted by molar-refractivity contribution is 5.79. The molecule has 0 amide bonds. The van der Waals surface area contributed by atoms with E-state index in [1.807, 2.05) is 32.2 Å². The third-order valence-corrected chi connectivity index (χ3v) is 3.68. The van der Waals surface area contributed by atoms with Crippen LogP contribution in [0.2, 0.25) is 0 Å². The van der Waals surface area contributed by atoms with Gasteiger partial charge >= 0.3 is 0 Å². The lowest BCUT2D eigenvalue weighted by atomic mass is 10.1. The Balaban J connectivity index is 1.91. The summed E-state index contributed by atoms with van der Waals surface area (Å²) in [7, 11) is 5.13. The molecule has 1 aromatic carbocycles. The first-order chi connectivity index (χ1) is 12.2. The lowest BCUT2D eigenvalue weighted by Gasteiger charge is -2.12. The number of hydrogen-bond acceptors (Lipinski definition) is 5. The van der Waals surface area contributed by atoms with Gasteiger partial charge in [0, 0.05) is 20.1 Å². The number of hydrogen-bond donors (Lipinski definition) is 2. The minimum Gasteiger partial charge on any atom is -0.493 e. The molecule has 0 saturated heterocycles. The van der Waals surface area contributed by atoms with Crippen LogP contribution >= 0.6 is 0 Å². The number of aliphatic imine (C=N–C) groups is 1. The molecule has 2 rings (SSSR count). The van der Waals surface area contributed by atoms with Crippen LogP contribution in [-0.2, 0) is 20.0 Å². The third-order valence-electron chi connectivity index (χ3n) is 3.68. The van der Waals surface area contributed by atoms with Gasteiger partial charge < -0.3 is 20.1 Å². The van der Waals surface area contributed by atoms with Crippen molar-refractivity contribution in [2.24, 2.45) is 12.0 Å². The summed E-state index contributed by atoms with van der Waals surface area (Å²) in [4.78, 5) is 8.71. The molecule has 136 valence electrons. The molecule has 0 radical (unpaired) electrons. The van der Waals surface area contributed by atoms with Crippen LogP contribution in [0.3, 0.4) is 0 Å². The zero-order chi connectivity index (χ0) is 18.1. The fraction of sp³-hybridized carbons (Fsp3) is 0.471. The fourth-order valence-corrected chi connectivity index (χ4v) is 2.32. The molecule has 0 aliphatic rings. The van der Waals surface area contributed by atoms with Crippen molar-refractivity contribution in [2.45, 2.75) is 19.9 Å². The Labute approximate surface area is 148 Å². The summed E-state index contributed by atoms with van der Waals surface area (Å²) >= 11 is 0. The van der Waals surface area contributed by atoms with Crippen molar-refractivity contribution in [1.29, 1.82) is 0 Å². The van der Waals surface area contributed by atoms with Crippen molar-refractivity contribution < 1.29 is 9.47 Å². The number of aryl methyl sites for hydroxylation is 1. The summed E-state index contributed by atoms with van der Waals surface area (Å²) in [5.74, 6) is 3.05. The second-order valence-corrected chi connectivity index (χ2v) is 5.36. The first-order valence-electron chi connectivity index (χ1n) is 8.23. The topological polar surface area (TPSA) is 85.6 Å². The van der Waals surface area contributed by atoms with E-state index in [9.17, 15) is 0 Å². The number of guanidine groups is 1. The molecule has 0 fully saturated rings. The summed E-state index contributed by atoms with van der Waals surface area (Å²) in [6.45, 7) is 4.05. The van der Waals surface area contributed by atoms with E-state index in [0.717, 1.165) is 48.4 Å². The Morgan fingerprint density at radius 3 is 2.64 bits per heavy atom. The van der Waals surface area contributed by atoms with E-state index in [0.29, 0.717) is 6.54 Å². The molecular formula is C17H26N6O2. The Morgan fingerprint density at radius 1 is 1.20 bits per heavy atom. The van der Waals surface area contributed by atoms with Crippen LogP contribution in [0.15, 0.2) is 29.5 Å². The summed E-state index contributed by atoms with van der Waals surface area (Å²) in [6.07, 6.45) is 2.37. The Morgan fingerprint density at radius 2 is 2.00 bits per heavy atom. The number of ether oxygens (including phenoxy) is 2. The molecule has 25 heavy (non-hydrogen) atoms. The maximum atomic E-state index is 5.34. The van der Waals surface area contributed by atoms with E-state index < -0.39 is 0 Å². The second kappa shape index (κ2) is 9.51. The first kappa shape index (κ1) is 18.6. The van der Waals surface area contributed by atoms with E-state index in [4.69, 9.17) is 9.47 Å². The highest BCUT2D eigenvalue weighted by atomic mass is 16.5. The predicted octanol–water partition coefficient (Wildman–Crippen LogP) is 1.13. The minimum absolute atomic E-state index is 0.474. The SMILES string of the molecule is CCNC(=NCc1ncnn1C)NCCc1ccc(OC)c(OC)c1. The lowest BCUT2D eigenvalue weighted by molar-refractivity contribution is 0.354. The molecule has 2 aromatic rings. The van der Waals surface area contributed by atoms with Crippen LogP contribution in [0, 0.1) is 0 Å². The van der Waals surface area contributed by atoms with Crippen LogP contribution in [0.5, 0.6) is 11.5 Å². The van der Waals surface area contributed by atoms with E-state index in [2.05, 4.69) is 25.7 Å². The molecule has 0 unspecified atom stereocenters. The molecule has 8 heteroatoms. The maximum absolute atomic E-state index is 5.34. The summed E-state index contributed by atoms with van der Waals surface area (Å²) in [5.41, 5.74) is 1.16. The van der Waals surface area contributed by atoms with Gasteiger partial charge in [-0.3, -0.25) is 4.68 Å².